The van der Waals surface area contributed by atoms with Crippen LogP contribution in [-0.2, 0) is 23.5 Å². The van der Waals surface area contributed by atoms with Crippen LogP contribution in [0.15, 0.2) is 48.5 Å². The Hall–Kier alpha value is -1.23. The van der Waals surface area contributed by atoms with Crippen molar-refractivity contribution in [3.8, 4) is 0 Å². The molecule has 5 heteroatoms. The minimum Gasteiger partial charge on any atom is -0.390 e. The van der Waals surface area contributed by atoms with Gasteiger partial charge in [-0.15, -0.1) is 12.1 Å². The molecule has 2 aliphatic rings. The van der Waals surface area contributed by atoms with E-state index in [-0.39, 0.29) is 35.0 Å². The predicted octanol–water partition coefficient (Wildman–Crippen LogP) is 3.43. The maximum Gasteiger partial charge on any atom is 0.0839 e. The second-order valence-electron chi connectivity index (χ2n) is 8.46. The van der Waals surface area contributed by atoms with E-state index in [0.29, 0.717) is 17.8 Å². The molecule has 2 aromatic rings. The minimum absolute atomic E-state index is 0. The fourth-order valence-corrected chi connectivity index (χ4v) is 5.08. The Balaban J connectivity index is 0.00000240. The molecule has 3 nitrogen and oxygen atoms in total. The molecule has 1 aliphatic heterocycles. The van der Waals surface area contributed by atoms with Crippen molar-refractivity contribution in [1.82, 2.24) is 10.6 Å². The van der Waals surface area contributed by atoms with Crippen molar-refractivity contribution in [2.75, 3.05) is 13.1 Å². The molecule has 2 fully saturated rings. The van der Waals surface area contributed by atoms with E-state index in [2.05, 4.69) is 47.0 Å². The van der Waals surface area contributed by atoms with Crippen molar-refractivity contribution in [3.05, 3.63) is 71.5 Å². The molecular formula is C24H30FFeN2O-. The monoisotopic (exact) mass is 437 g/mol. The Kier molecular flexibility index (Phi) is 7.52. The number of hydrogen-bond donors (Lipinski definition) is 3. The molecule has 158 valence electrons. The average Bonchev–Trinajstić information content (AvgIpc) is 3.40. The second kappa shape index (κ2) is 9.72. The second-order valence-corrected chi connectivity index (χ2v) is 8.46. The Bertz CT molecular complexity index is 789. The molecule has 1 heterocycles. The average molecular weight is 437 g/mol. The Morgan fingerprint density at radius 3 is 2.79 bits per heavy atom. The van der Waals surface area contributed by atoms with Crippen LogP contribution in [0.25, 0.3) is 0 Å². The van der Waals surface area contributed by atoms with Crippen molar-refractivity contribution < 1.29 is 26.6 Å². The van der Waals surface area contributed by atoms with Crippen LogP contribution in [0, 0.1) is 17.3 Å². The maximum absolute atomic E-state index is 13.5. The number of aliphatic hydroxyl groups is 1. The summed E-state index contributed by atoms with van der Waals surface area (Å²) in [4.78, 5) is 0. The fraction of sp³-hybridized carbons (Fsp3) is 0.500. The van der Waals surface area contributed by atoms with Gasteiger partial charge in [0.1, 0.15) is 0 Å². The van der Waals surface area contributed by atoms with Crippen LogP contribution in [-0.4, -0.2) is 36.4 Å². The topological polar surface area (TPSA) is 44.3 Å². The number of piperidine rings is 1. The summed E-state index contributed by atoms with van der Waals surface area (Å²) in [6, 6.07) is 18.2. The van der Waals surface area contributed by atoms with Crippen LogP contribution in [0.3, 0.4) is 0 Å². The zero-order chi connectivity index (χ0) is 19.6. The van der Waals surface area contributed by atoms with E-state index in [1.54, 1.807) is 0 Å². The molecule has 0 aromatic heterocycles. The third kappa shape index (κ3) is 5.10. The zero-order valence-corrected chi connectivity index (χ0v) is 18.0. The SMILES string of the molecule is CCN[C@@H](Cc1c[c-]cc(F)c1)[C@H](O)[C@H]1CC2(CCN1)CC2c1ccccc1.[Fe]. The molecule has 4 rings (SSSR count). The summed E-state index contributed by atoms with van der Waals surface area (Å²) in [5.74, 6) is 0.335. The first kappa shape index (κ1) is 22.5. The molecule has 29 heavy (non-hydrogen) atoms. The first-order chi connectivity index (χ1) is 13.6. The number of benzene rings is 2. The van der Waals surface area contributed by atoms with Crippen LogP contribution in [0.5, 0.6) is 0 Å². The van der Waals surface area contributed by atoms with Gasteiger partial charge in [0.25, 0.3) is 0 Å². The largest absolute Gasteiger partial charge is 0.390 e. The maximum atomic E-state index is 13.5. The van der Waals surface area contributed by atoms with Crippen molar-refractivity contribution >= 4 is 0 Å². The predicted molar refractivity (Wildman–Crippen MR) is 110 cm³/mol. The van der Waals surface area contributed by atoms with Gasteiger partial charge in [-0.25, -0.2) is 0 Å². The normalized spacial score (nSPS) is 27.8. The number of likely N-dealkylation sites (N-methyl/N-ethyl adjacent to an activating group) is 1. The van der Waals surface area contributed by atoms with Gasteiger partial charge in [0.15, 0.2) is 0 Å². The quantitative estimate of drug-likeness (QED) is 0.460. The summed E-state index contributed by atoms with van der Waals surface area (Å²) >= 11 is 0. The molecule has 0 radical (unpaired) electrons. The minimum atomic E-state index is -0.516. The summed E-state index contributed by atoms with van der Waals surface area (Å²) in [5.41, 5.74) is 2.61. The molecule has 1 spiro atoms. The molecule has 0 bridgehead atoms. The molecule has 1 saturated heterocycles. The van der Waals surface area contributed by atoms with Gasteiger partial charge in [-0.2, -0.15) is 17.7 Å². The van der Waals surface area contributed by atoms with Crippen molar-refractivity contribution in [1.29, 1.82) is 0 Å². The molecule has 2 unspecified atom stereocenters. The standard InChI is InChI=1S/C24H30FN2O.Fe/c1-2-26-21(14-17-7-6-10-19(25)13-17)23(28)22-16-24(11-12-27-22)15-20(24)18-8-4-3-5-9-18;/h3-5,7-10,13,20-23,26-28H,2,11-12,14-16H2,1H3;/q-1;/t20?,21-,22+,23-,24?;/m0./s1. The number of hydrogen-bond acceptors (Lipinski definition) is 3. The first-order valence-corrected chi connectivity index (χ1v) is 10.5. The Morgan fingerprint density at radius 2 is 2.07 bits per heavy atom. The molecule has 5 atom stereocenters. The molecule has 3 N–H and O–H groups in total. The van der Waals surface area contributed by atoms with Gasteiger partial charge < -0.3 is 15.7 Å². The number of halogens is 1. The zero-order valence-electron chi connectivity index (χ0n) is 16.8. The van der Waals surface area contributed by atoms with E-state index >= 15 is 0 Å². The third-order valence-corrected chi connectivity index (χ3v) is 6.61. The van der Waals surface area contributed by atoms with Gasteiger partial charge in [0.05, 0.1) is 6.10 Å². The van der Waals surface area contributed by atoms with Gasteiger partial charge in [0, 0.05) is 35.0 Å². The van der Waals surface area contributed by atoms with Gasteiger partial charge in [-0.3, -0.25) is 4.39 Å². The first-order valence-electron chi connectivity index (χ1n) is 10.5. The van der Waals surface area contributed by atoms with Gasteiger partial charge in [0.2, 0.25) is 0 Å². The van der Waals surface area contributed by atoms with E-state index in [9.17, 15) is 9.50 Å². The smallest absolute Gasteiger partial charge is 0.0839 e. The van der Waals surface area contributed by atoms with Gasteiger partial charge in [-0.05, 0) is 49.2 Å². The third-order valence-electron chi connectivity index (χ3n) is 6.61. The summed E-state index contributed by atoms with van der Waals surface area (Å²) in [5, 5.41) is 18.1. The van der Waals surface area contributed by atoms with E-state index < -0.39 is 6.10 Å². The molecule has 2 aromatic carbocycles. The summed E-state index contributed by atoms with van der Waals surface area (Å²) in [7, 11) is 0. The summed E-state index contributed by atoms with van der Waals surface area (Å²) in [6.45, 7) is 3.75. The van der Waals surface area contributed by atoms with E-state index in [4.69, 9.17) is 0 Å². The van der Waals surface area contributed by atoms with Crippen LogP contribution < -0.4 is 10.6 Å². The Morgan fingerprint density at radius 1 is 1.28 bits per heavy atom. The van der Waals surface area contributed by atoms with E-state index in [1.807, 2.05) is 13.0 Å². The molecule has 0 amide bonds. The summed E-state index contributed by atoms with van der Waals surface area (Å²) < 4.78 is 13.5. The van der Waals surface area contributed by atoms with Crippen LogP contribution >= 0.6 is 0 Å². The van der Waals surface area contributed by atoms with E-state index in [1.165, 1.54) is 30.5 Å². The number of aliphatic hydroxyl groups excluding tert-OH is 1. The van der Waals surface area contributed by atoms with Crippen LogP contribution in [0.1, 0.15) is 43.2 Å². The summed E-state index contributed by atoms with van der Waals surface area (Å²) in [6.07, 6.45) is 3.45. The van der Waals surface area contributed by atoms with Gasteiger partial charge in [-0.1, -0.05) is 43.7 Å². The molecule has 1 aliphatic carbocycles. The van der Waals surface area contributed by atoms with Gasteiger partial charge >= 0.3 is 0 Å². The van der Waals surface area contributed by atoms with Crippen molar-refractivity contribution in [2.45, 2.75) is 56.7 Å². The molecule has 1 saturated carbocycles. The number of nitrogens with one attached hydrogen (secondary N) is 2. The van der Waals surface area contributed by atoms with E-state index in [0.717, 1.165) is 25.1 Å². The van der Waals surface area contributed by atoms with Crippen molar-refractivity contribution in [3.63, 3.8) is 0 Å². The molecular weight excluding hydrogens is 407 g/mol. The van der Waals surface area contributed by atoms with Crippen molar-refractivity contribution in [2.24, 2.45) is 5.41 Å². The van der Waals surface area contributed by atoms with Crippen LogP contribution in [0.2, 0.25) is 0 Å². The van der Waals surface area contributed by atoms with Crippen LogP contribution in [0.4, 0.5) is 4.39 Å². The fourth-order valence-electron chi connectivity index (χ4n) is 5.08. The number of rotatable bonds is 7. The Labute approximate surface area is 184 Å².